The van der Waals surface area contributed by atoms with E-state index in [2.05, 4.69) is 26.1 Å². The number of carbonyl (C=O) groups excluding carboxylic acids is 1. The lowest BCUT2D eigenvalue weighted by Crippen LogP contribution is -2.47. The van der Waals surface area contributed by atoms with E-state index in [0.29, 0.717) is 35.9 Å². The van der Waals surface area contributed by atoms with Crippen molar-refractivity contribution in [2.75, 3.05) is 13.2 Å². The molecule has 3 N–H and O–H groups in total. The molecule has 0 aromatic heterocycles. The van der Waals surface area contributed by atoms with Crippen LogP contribution in [0.4, 0.5) is 0 Å². The van der Waals surface area contributed by atoms with E-state index in [1.54, 1.807) is 12.1 Å². The lowest BCUT2D eigenvalue weighted by atomic mass is 9.77. The van der Waals surface area contributed by atoms with Gasteiger partial charge in [0.2, 0.25) is 0 Å². The number of phenols is 1. The highest BCUT2D eigenvalue weighted by Gasteiger charge is 2.33. The molecule has 0 spiro atoms. The van der Waals surface area contributed by atoms with Crippen molar-refractivity contribution in [1.29, 1.82) is 0 Å². The summed E-state index contributed by atoms with van der Waals surface area (Å²) in [4.78, 5) is 14.6. The highest BCUT2D eigenvalue weighted by atomic mass is 16.3. The fourth-order valence-corrected chi connectivity index (χ4v) is 4.90. The van der Waals surface area contributed by atoms with E-state index in [1.165, 1.54) is 12.8 Å². The van der Waals surface area contributed by atoms with Crippen molar-refractivity contribution in [2.24, 2.45) is 17.8 Å². The van der Waals surface area contributed by atoms with Crippen LogP contribution < -0.4 is 5.32 Å². The third kappa shape index (κ3) is 4.69. The first-order valence-corrected chi connectivity index (χ1v) is 10.9. The summed E-state index contributed by atoms with van der Waals surface area (Å²) < 4.78 is 0. The predicted octanol–water partition coefficient (Wildman–Crippen LogP) is 3.54. The Morgan fingerprint density at radius 1 is 1.21 bits per heavy atom. The number of carbonyl (C=O) groups is 1. The standard InChI is InChI=1S/C23H36N2O3/c1-4-21(24-22(14-26)15(2)3)17-7-5-16(6-8-17)12-25-13-18-9-10-19(27)11-20(18)23(25)28/h9-11,15-17,21-22,24,26-27H,4-8,12-14H2,1-3H3/t16-,17-,21-,22+/m0/s1. The van der Waals surface area contributed by atoms with Crippen LogP contribution in [0, 0.1) is 17.8 Å². The number of nitrogens with one attached hydrogen (secondary N) is 1. The van der Waals surface area contributed by atoms with Crippen molar-refractivity contribution in [2.45, 2.75) is 71.5 Å². The molecule has 0 unspecified atom stereocenters. The monoisotopic (exact) mass is 388 g/mol. The number of benzene rings is 1. The molecule has 2 atom stereocenters. The van der Waals surface area contributed by atoms with Gasteiger partial charge in [0, 0.05) is 30.7 Å². The van der Waals surface area contributed by atoms with Crippen molar-refractivity contribution in [3.63, 3.8) is 0 Å². The van der Waals surface area contributed by atoms with E-state index in [9.17, 15) is 15.0 Å². The van der Waals surface area contributed by atoms with Crippen LogP contribution in [0.15, 0.2) is 18.2 Å². The molecule has 1 saturated carbocycles. The SMILES string of the molecule is CC[C@H](N[C@H](CO)C(C)C)[C@H]1CC[C@H](CN2Cc3ccc(O)cc3C2=O)CC1. The van der Waals surface area contributed by atoms with E-state index < -0.39 is 0 Å². The Hall–Kier alpha value is -1.59. The number of hydrogen-bond acceptors (Lipinski definition) is 4. The second kappa shape index (κ2) is 9.27. The van der Waals surface area contributed by atoms with Gasteiger partial charge in [0.15, 0.2) is 0 Å². The molecule has 5 nitrogen and oxygen atoms in total. The summed E-state index contributed by atoms with van der Waals surface area (Å²) in [5, 5.41) is 23.0. The Bertz CT molecular complexity index is 668. The van der Waals surface area contributed by atoms with Gasteiger partial charge in [-0.1, -0.05) is 26.8 Å². The first-order chi connectivity index (χ1) is 13.4. The van der Waals surface area contributed by atoms with Crippen LogP contribution in [0.2, 0.25) is 0 Å². The van der Waals surface area contributed by atoms with Gasteiger partial charge in [0.05, 0.1) is 6.61 Å². The number of aliphatic hydroxyl groups excluding tert-OH is 1. The normalized spacial score (nSPS) is 24.5. The van der Waals surface area contributed by atoms with Gasteiger partial charge in [-0.25, -0.2) is 0 Å². The zero-order valence-electron chi connectivity index (χ0n) is 17.5. The van der Waals surface area contributed by atoms with Crippen LogP contribution >= 0.6 is 0 Å². The molecule has 0 saturated heterocycles. The largest absolute Gasteiger partial charge is 0.508 e. The van der Waals surface area contributed by atoms with E-state index in [1.807, 2.05) is 11.0 Å². The van der Waals surface area contributed by atoms with Crippen LogP contribution in [0.25, 0.3) is 0 Å². The second-order valence-corrected chi connectivity index (χ2v) is 9.02. The molecule has 1 heterocycles. The van der Waals surface area contributed by atoms with Gasteiger partial charge < -0.3 is 20.4 Å². The third-order valence-electron chi connectivity index (χ3n) is 6.78. The number of aliphatic hydroxyl groups is 1. The fourth-order valence-electron chi connectivity index (χ4n) is 4.90. The van der Waals surface area contributed by atoms with Gasteiger partial charge >= 0.3 is 0 Å². The summed E-state index contributed by atoms with van der Waals surface area (Å²) >= 11 is 0. The van der Waals surface area contributed by atoms with Gasteiger partial charge in [-0.3, -0.25) is 4.79 Å². The first kappa shape index (κ1) is 21.1. The Labute approximate surface area is 169 Å². The van der Waals surface area contributed by atoms with Crippen molar-refractivity contribution in [3.8, 4) is 5.75 Å². The minimum absolute atomic E-state index is 0.0591. The zero-order chi connectivity index (χ0) is 20.3. The van der Waals surface area contributed by atoms with E-state index in [0.717, 1.165) is 31.4 Å². The van der Waals surface area contributed by atoms with Crippen LogP contribution in [0.3, 0.4) is 0 Å². The molecule has 3 rings (SSSR count). The Morgan fingerprint density at radius 2 is 1.93 bits per heavy atom. The molecule has 1 amide bonds. The Kier molecular flexibility index (Phi) is 7.00. The maximum atomic E-state index is 12.6. The molecular formula is C23H36N2O3. The molecule has 156 valence electrons. The predicted molar refractivity (Wildman–Crippen MR) is 111 cm³/mol. The quantitative estimate of drug-likeness (QED) is 0.637. The highest BCUT2D eigenvalue weighted by Crippen LogP contribution is 2.34. The summed E-state index contributed by atoms with van der Waals surface area (Å²) in [5.74, 6) is 1.86. The summed E-state index contributed by atoms with van der Waals surface area (Å²) in [6.45, 7) is 8.21. The summed E-state index contributed by atoms with van der Waals surface area (Å²) in [6, 6.07) is 5.75. The van der Waals surface area contributed by atoms with Gasteiger partial charge in [0.1, 0.15) is 5.75 Å². The van der Waals surface area contributed by atoms with Gasteiger partial charge in [-0.05, 0) is 67.6 Å². The summed E-state index contributed by atoms with van der Waals surface area (Å²) in [7, 11) is 0. The molecule has 5 heteroatoms. The maximum Gasteiger partial charge on any atom is 0.254 e. The van der Waals surface area contributed by atoms with E-state index in [4.69, 9.17) is 0 Å². The molecule has 1 fully saturated rings. The minimum atomic E-state index is 0.0591. The molecule has 2 aliphatic rings. The van der Waals surface area contributed by atoms with Crippen molar-refractivity contribution in [3.05, 3.63) is 29.3 Å². The number of rotatable bonds is 8. The third-order valence-corrected chi connectivity index (χ3v) is 6.78. The summed E-state index contributed by atoms with van der Waals surface area (Å²) in [5.41, 5.74) is 1.68. The average molecular weight is 389 g/mol. The van der Waals surface area contributed by atoms with E-state index >= 15 is 0 Å². The highest BCUT2D eigenvalue weighted by molar-refractivity contribution is 5.98. The number of hydrogen-bond donors (Lipinski definition) is 3. The summed E-state index contributed by atoms with van der Waals surface area (Å²) in [6.07, 6.45) is 5.76. The Morgan fingerprint density at radius 3 is 2.54 bits per heavy atom. The van der Waals surface area contributed by atoms with Gasteiger partial charge in [0.25, 0.3) is 5.91 Å². The molecule has 0 radical (unpaired) electrons. The molecular weight excluding hydrogens is 352 g/mol. The lowest BCUT2D eigenvalue weighted by Gasteiger charge is -2.37. The molecule has 0 bridgehead atoms. The van der Waals surface area contributed by atoms with Crippen LogP contribution in [-0.2, 0) is 6.54 Å². The van der Waals surface area contributed by atoms with Crippen molar-refractivity contribution >= 4 is 5.91 Å². The van der Waals surface area contributed by atoms with Crippen LogP contribution in [-0.4, -0.2) is 46.3 Å². The van der Waals surface area contributed by atoms with Crippen LogP contribution in [0.1, 0.15) is 68.8 Å². The van der Waals surface area contributed by atoms with E-state index in [-0.39, 0.29) is 24.3 Å². The number of phenolic OH excluding ortho intramolecular Hbond substituents is 1. The topological polar surface area (TPSA) is 72.8 Å². The number of aromatic hydroxyl groups is 1. The Balaban J connectivity index is 1.51. The van der Waals surface area contributed by atoms with Gasteiger partial charge in [-0.15, -0.1) is 0 Å². The maximum absolute atomic E-state index is 12.6. The minimum Gasteiger partial charge on any atom is -0.508 e. The number of fused-ring (bicyclic) bond motifs is 1. The first-order valence-electron chi connectivity index (χ1n) is 10.9. The second-order valence-electron chi connectivity index (χ2n) is 9.02. The van der Waals surface area contributed by atoms with Crippen molar-refractivity contribution < 1.29 is 15.0 Å². The van der Waals surface area contributed by atoms with Gasteiger partial charge in [-0.2, -0.15) is 0 Å². The number of nitrogens with zero attached hydrogens (tertiary/aromatic N) is 1. The zero-order valence-corrected chi connectivity index (χ0v) is 17.5. The number of amides is 1. The smallest absolute Gasteiger partial charge is 0.254 e. The fraction of sp³-hybridized carbons (Fsp3) is 0.696. The average Bonchev–Trinajstić information content (AvgIpc) is 2.98. The lowest BCUT2D eigenvalue weighted by molar-refractivity contribution is 0.0720. The van der Waals surface area contributed by atoms with Crippen molar-refractivity contribution in [1.82, 2.24) is 10.2 Å². The van der Waals surface area contributed by atoms with Crippen LogP contribution in [0.5, 0.6) is 5.75 Å². The molecule has 1 aliphatic heterocycles. The molecule has 28 heavy (non-hydrogen) atoms. The molecule has 1 aromatic rings. The molecule has 1 aliphatic carbocycles. The molecule has 1 aromatic carbocycles.